The van der Waals surface area contributed by atoms with Crippen LogP contribution in [0, 0.1) is 0 Å². The largest absolute Gasteiger partial charge is 0.504 e. The lowest BCUT2D eigenvalue weighted by Crippen LogP contribution is -2.62. The van der Waals surface area contributed by atoms with E-state index in [0.717, 1.165) is 72.0 Å². The molecular formula is C71H69N9O18. The predicted molar refractivity (Wildman–Crippen MR) is 349 cm³/mol. The van der Waals surface area contributed by atoms with Gasteiger partial charge in [0.05, 0.1) is 52.0 Å². The second-order valence-corrected chi connectivity index (χ2v) is 25.5. The summed E-state index contributed by atoms with van der Waals surface area (Å²) in [5.41, 5.74) is 10.3. The van der Waals surface area contributed by atoms with E-state index in [1.54, 1.807) is 72.2 Å². The number of rotatable bonds is 8. The molecule has 6 aromatic carbocycles. The highest BCUT2D eigenvalue weighted by molar-refractivity contribution is 6.00. The van der Waals surface area contributed by atoms with Gasteiger partial charge in [0, 0.05) is 90.2 Å². The van der Waals surface area contributed by atoms with Crippen LogP contribution in [-0.2, 0) is 57.6 Å². The van der Waals surface area contributed by atoms with Gasteiger partial charge >= 0.3 is 5.97 Å². The van der Waals surface area contributed by atoms with Gasteiger partial charge in [0.2, 0.25) is 41.7 Å². The number of piperazine rings is 3. The summed E-state index contributed by atoms with van der Waals surface area (Å²) in [7, 11) is 7.79. The summed E-state index contributed by atoms with van der Waals surface area (Å²) in [6.45, 7) is 0.0115. The van der Waals surface area contributed by atoms with Gasteiger partial charge in [0.1, 0.15) is 36.4 Å². The molecule has 4 fully saturated rings. The number of aliphatic carboxylic acids is 1. The van der Waals surface area contributed by atoms with Crippen LogP contribution in [0.15, 0.2) is 127 Å². The van der Waals surface area contributed by atoms with Gasteiger partial charge in [-0.1, -0.05) is 72.8 Å². The second kappa shape index (κ2) is 24.8. The maximum atomic E-state index is 13.4. The zero-order chi connectivity index (χ0) is 69.0. The first kappa shape index (κ1) is 64.2. The van der Waals surface area contributed by atoms with E-state index >= 15 is 0 Å². The molecule has 0 spiro atoms. The number of hydrogen-bond acceptors (Lipinski definition) is 17. The zero-order valence-corrected chi connectivity index (χ0v) is 53.5. The molecule has 10 heterocycles. The van der Waals surface area contributed by atoms with Crippen molar-refractivity contribution in [1.82, 2.24) is 44.4 Å². The smallest absolute Gasteiger partial charge is 0.335 e. The molecule has 4 saturated heterocycles. The third-order valence-electron chi connectivity index (χ3n) is 19.8. The van der Waals surface area contributed by atoms with Crippen molar-refractivity contribution in [2.45, 2.75) is 86.2 Å². The van der Waals surface area contributed by atoms with E-state index in [-0.39, 0.29) is 83.8 Å². The standard InChI is InChI=1S/C28H29N3O10.C22H21N3O4.C21H19N3O4/c1-30-11-19(32)31-16(26(30)36)10-14-13-5-3-4-6-15(13)29-20(14)21(31)12-7-8-17(18(9-12)39-2)40-28-24(35)22(33)23(34)25(41-28)27(37)38;1-24-11-19(27)25-16(22(24)28)10-14-13-5-3-4-6-15(13)23-20(14)21(25)12-7-8-17(26)18(9-12)29-2;1-23-10-18(27)24-15(21(23)28)9-13-12-4-2-3-5-14(12)22-19(13)20(24)11-6-7-16(25)17(26)8-11/h3-9,16,21-25,28-29,33-35H,10-11H2,1-2H3,(H,37,38);3-9,16,21,23,26H,10-11H2,1-2H3;2-8,15,20,22,25-26H,9-10H2,1H3/t16-,21-,22+,23+,24-,25+,28?;16-,21-;15-,20-/m111/s1. The molecule has 27 nitrogen and oxygen atoms in total. The molecule has 27 heteroatoms. The van der Waals surface area contributed by atoms with Crippen molar-refractivity contribution in [1.29, 1.82) is 0 Å². The van der Waals surface area contributed by atoms with Crippen LogP contribution in [0.4, 0.5) is 0 Å². The number of aromatic hydroxyl groups is 3. The number of carbonyl (C=O) groups is 7. The molecule has 3 aromatic heterocycles. The maximum Gasteiger partial charge on any atom is 0.335 e. The number of H-pyrrole nitrogens is 3. The first-order valence-corrected chi connectivity index (χ1v) is 31.7. The van der Waals surface area contributed by atoms with Crippen molar-refractivity contribution in [2.24, 2.45) is 0 Å². The van der Waals surface area contributed by atoms with E-state index in [2.05, 4.69) is 15.0 Å². The van der Waals surface area contributed by atoms with Crippen LogP contribution in [0.25, 0.3) is 32.7 Å². The monoisotopic (exact) mass is 1340 g/mol. The number of methoxy groups -OCH3 is 2. The minimum absolute atomic E-state index is 0.0193. The molecular weight excluding hydrogens is 1270 g/mol. The topological polar surface area (TPSA) is 365 Å². The molecule has 1 unspecified atom stereocenters. The van der Waals surface area contributed by atoms with Gasteiger partial charge in [-0.15, -0.1) is 0 Å². The first-order chi connectivity index (χ1) is 47.0. The van der Waals surface area contributed by atoms with Crippen LogP contribution in [0.1, 0.15) is 68.6 Å². The Kier molecular flexibility index (Phi) is 16.3. The molecule has 506 valence electrons. The number of amides is 6. The van der Waals surface area contributed by atoms with Gasteiger partial charge in [-0.05, 0) is 88.0 Å². The average molecular weight is 1340 g/mol. The highest BCUT2D eigenvalue weighted by atomic mass is 16.7. The normalized spacial score (nSPS) is 25.0. The van der Waals surface area contributed by atoms with Crippen LogP contribution in [0.2, 0.25) is 0 Å². The van der Waals surface area contributed by atoms with Crippen molar-refractivity contribution in [2.75, 3.05) is 55.0 Å². The van der Waals surface area contributed by atoms with Crippen molar-refractivity contribution >= 4 is 74.1 Å². The number of nitrogens with one attached hydrogen (secondary N) is 3. The predicted octanol–water partition coefficient (Wildman–Crippen LogP) is 3.85. The fraction of sp³-hybridized carbons (Fsp3) is 0.310. The number of carbonyl (C=O) groups excluding carboxylic acids is 6. The Labute approximate surface area is 558 Å². The number of carboxylic acid groups (broad SMARTS) is 1. The fourth-order valence-corrected chi connectivity index (χ4v) is 15.1. The van der Waals surface area contributed by atoms with Crippen LogP contribution in [0.3, 0.4) is 0 Å². The number of benzene rings is 6. The third kappa shape index (κ3) is 10.6. The quantitative estimate of drug-likeness (QED) is 0.0966. The van der Waals surface area contributed by atoms with Gasteiger partial charge in [0.25, 0.3) is 0 Å². The molecule has 9 aromatic rings. The second-order valence-electron chi connectivity index (χ2n) is 25.5. The Morgan fingerprint density at radius 1 is 0.459 bits per heavy atom. The fourth-order valence-electron chi connectivity index (χ4n) is 15.1. The van der Waals surface area contributed by atoms with Crippen molar-refractivity contribution < 1.29 is 88.3 Å². The summed E-state index contributed by atoms with van der Waals surface area (Å²) in [4.78, 5) is 110. The number of fused-ring (bicyclic) bond motifs is 12. The summed E-state index contributed by atoms with van der Waals surface area (Å²) < 4.78 is 21.8. The number of aromatic amines is 3. The molecule has 6 amide bonds. The Morgan fingerprint density at radius 2 is 0.837 bits per heavy atom. The van der Waals surface area contributed by atoms with Crippen molar-refractivity contribution in [3.05, 3.63) is 178 Å². The number of aromatic nitrogens is 3. The maximum absolute atomic E-state index is 13.4. The summed E-state index contributed by atoms with van der Waals surface area (Å²) >= 11 is 0. The number of aliphatic hydroxyl groups excluding tert-OH is 3. The number of nitrogens with zero attached hydrogens (tertiary/aromatic N) is 6. The summed E-state index contributed by atoms with van der Waals surface area (Å²) in [6, 6.07) is 34.4. The minimum Gasteiger partial charge on any atom is -0.504 e. The highest BCUT2D eigenvalue weighted by Gasteiger charge is 2.52. The van der Waals surface area contributed by atoms with E-state index in [0.29, 0.717) is 36.1 Å². The molecule has 7 aliphatic heterocycles. The van der Waals surface area contributed by atoms with Gasteiger partial charge in [-0.3, -0.25) is 28.8 Å². The number of phenols is 3. The minimum atomic E-state index is -1.86. The van der Waals surface area contributed by atoms with Gasteiger partial charge < -0.3 is 99.0 Å². The van der Waals surface area contributed by atoms with E-state index in [4.69, 9.17) is 18.9 Å². The average Bonchev–Trinajstić information content (AvgIpc) is 1.30. The molecule has 7 aliphatic rings. The molecule has 11 atom stereocenters. The number of ether oxygens (including phenoxy) is 4. The van der Waals surface area contributed by atoms with Crippen molar-refractivity contribution in [3.8, 4) is 34.5 Å². The number of likely N-dealkylation sites (N-methyl/N-ethyl adjacent to an activating group) is 3. The van der Waals surface area contributed by atoms with E-state index < -0.39 is 72.9 Å². The number of carboxylic acids is 1. The molecule has 0 saturated carbocycles. The van der Waals surface area contributed by atoms with Crippen LogP contribution in [-0.4, -0.2) is 225 Å². The Morgan fingerprint density at radius 3 is 1.23 bits per heavy atom. The van der Waals surface area contributed by atoms with Gasteiger partial charge in [-0.25, -0.2) is 4.79 Å². The molecule has 0 bridgehead atoms. The highest BCUT2D eigenvalue weighted by Crippen LogP contribution is 2.48. The summed E-state index contributed by atoms with van der Waals surface area (Å²) in [5.74, 6) is -2.21. The van der Waals surface area contributed by atoms with Gasteiger partial charge in [-0.2, -0.15) is 0 Å². The Hall–Kier alpha value is -11.1. The lowest BCUT2D eigenvalue weighted by atomic mass is 9.86. The van der Waals surface area contributed by atoms with E-state index in [1.165, 1.54) is 47.1 Å². The lowest BCUT2D eigenvalue weighted by Gasteiger charge is -2.46. The van der Waals surface area contributed by atoms with Crippen LogP contribution in [0.5, 0.6) is 34.5 Å². The molecule has 0 radical (unpaired) electrons. The third-order valence-corrected chi connectivity index (χ3v) is 19.8. The number of phenolic OH excluding ortho intramolecular Hbond substituents is 3. The van der Waals surface area contributed by atoms with Gasteiger partial charge in [0.15, 0.2) is 40.6 Å². The summed E-state index contributed by atoms with van der Waals surface area (Å²) in [5, 5.41) is 72.7. The van der Waals surface area contributed by atoms with Crippen LogP contribution >= 0.6 is 0 Å². The first-order valence-electron chi connectivity index (χ1n) is 31.7. The lowest BCUT2D eigenvalue weighted by molar-refractivity contribution is -0.271. The number of aliphatic hydroxyl groups is 3. The molecule has 16 rings (SSSR count). The van der Waals surface area contributed by atoms with Crippen molar-refractivity contribution in [3.63, 3.8) is 0 Å². The number of para-hydroxylation sites is 3. The Bertz CT molecular complexity index is 4760. The number of hydrogen-bond donors (Lipinski definition) is 10. The molecule has 98 heavy (non-hydrogen) atoms. The van der Waals surface area contributed by atoms with Crippen LogP contribution < -0.4 is 14.2 Å². The van der Waals surface area contributed by atoms with E-state index in [9.17, 15) is 69.3 Å². The molecule has 10 N–H and O–H groups in total. The SMILES string of the molecule is CN1CC(=O)N2[C@H](c3ccc(O)c(O)c3)c3[nH]c4ccccc4c3C[C@@H]2C1=O.COc1cc([C@@H]2c3[nH]c4ccccc4c3C[C@@H]3C(=O)N(C)CC(=O)N23)ccc1O.COc1cc([C@@H]2c3[nH]c4ccccc4c3C[C@@H]3C(=O)N(C)CC(=O)N23)ccc1OC1O[C@H](C(=O)O)[C@@H](O)[C@H](O)[C@H]1O. The van der Waals surface area contributed by atoms with E-state index in [1.807, 2.05) is 72.8 Å². The Balaban J connectivity index is 0.000000129. The molecule has 0 aliphatic carbocycles. The summed E-state index contributed by atoms with van der Waals surface area (Å²) in [6.07, 6.45) is -7.64. The zero-order valence-electron chi connectivity index (χ0n) is 53.5.